The highest BCUT2D eigenvalue weighted by atomic mass is 31.2. The second-order valence-electron chi connectivity index (χ2n) is 3.59. The van der Waals surface area contributed by atoms with E-state index in [1.54, 1.807) is 7.11 Å². The van der Waals surface area contributed by atoms with Gasteiger partial charge in [0.2, 0.25) is 0 Å². The van der Waals surface area contributed by atoms with Crippen LogP contribution in [0.15, 0.2) is 0 Å². The summed E-state index contributed by atoms with van der Waals surface area (Å²) in [7, 11) is -1.81. The smallest absolute Gasteiger partial charge is 0.325 e. The molecule has 4 atom stereocenters. The van der Waals surface area contributed by atoms with Gasteiger partial charge in [-0.1, -0.05) is 0 Å². The van der Waals surface area contributed by atoms with Gasteiger partial charge in [-0.15, -0.1) is 0 Å². The number of methoxy groups -OCH3 is 1. The lowest BCUT2D eigenvalue weighted by molar-refractivity contribution is -0.0261. The predicted octanol–water partition coefficient (Wildman–Crippen LogP) is 1.01. The van der Waals surface area contributed by atoms with Gasteiger partial charge < -0.3 is 18.9 Å². The van der Waals surface area contributed by atoms with E-state index in [1.165, 1.54) is 0 Å². The molecule has 1 rings (SSSR count). The van der Waals surface area contributed by atoms with Gasteiger partial charge in [-0.2, -0.15) is 0 Å². The predicted molar refractivity (Wildman–Crippen MR) is 51.5 cm³/mol. The molecule has 1 N–H and O–H groups in total. The zero-order valence-corrected chi connectivity index (χ0v) is 9.57. The first-order valence-corrected chi connectivity index (χ1v) is 6.58. The fraction of sp³-hybridized carbons (Fsp3) is 1.00. The van der Waals surface area contributed by atoms with Crippen LogP contribution in [0, 0.1) is 0 Å². The highest BCUT2D eigenvalue weighted by Gasteiger charge is 2.34. The molecule has 0 aromatic heterocycles. The number of rotatable bonds is 4. The Hall–Kier alpha value is 0.0700. The van der Waals surface area contributed by atoms with Gasteiger partial charge in [0.15, 0.2) is 0 Å². The first-order chi connectivity index (χ1) is 6.42. The highest BCUT2D eigenvalue weighted by molar-refractivity contribution is 7.51. The van der Waals surface area contributed by atoms with Crippen LogP contribution in [0.25, 0.3) is 0 Å². The Kier molecular flexibility index (Phi) is 4.10. The van der Waals surface area contributed by atoms with Gasteiger partial charge in [0, 0.05) is 20.2 Å². The summed E-state index contributed by atoms with van der Waals surface area (Å²) in [6.07, 6.45) is 0.625. The van der Waals surface area contributed by atoms with Crippen LogP contribution in [0.5, 0.6) is 0 Å². The van der Waals surface area contributed by atoms with Crippen LogP contribution in [0.4, 0.5) is 0 Å². The molecule has 14 heavy (non-hydrogen) atoms. The Labute approximate surface area is 83.9 Å². The van der Waals surface area contributed by atoms with Crippen LogP contribution < -0.4 is 0 Å². The molecule has 0 aliphatic carbocycles. The zero-order valence-electron chi connectivity index (χ0n) is 8.67. The van der Waals surface area contributed by atoms with Gasteiger partial charge in [-0.25, -0.2) is 0 Å². The first kappa shape index (κ1) is 12.1. The molecule has 1 fully saturated rings. The Morgan fingerprint density at radius 2 is 2.29 bits per heavy atom. The third-order valence-electron chi connectivity index (χ3n) is 2.17. The maximum Gasteiger partial charge on any atom is 0.325 e. The van der Waals surface area contributed by atoms with Crippen molar-refractivity contribution in [2.24, 2.45) is 0 Å². The van der Waals surface area contributed by atoms with Crippen molar-refractivity contribution in [2.45, 2.75) is 31.7 Å². The molecular weight excluding hydrogens is 207 g/mol. The molecule has 0 radical (unpaired) electrons. The molecule has 1 heterocycles. The minimum atomic E-state index is -3.41. The number of hydrogen-bond acceptors (Lipinski definition) is 4. The van der Waals surface area contributed by atoms with Gasteiger partial charge in [-0.05, 0) is 6.92 Å². The van der Waals surface area contributed by atoms with E-state index in [0.717, 1.165) is 13.1 Å². The third kappa shape index (κ3) is 3.67. The van der Waals surface area contributed by atoms with Crippen LogP contribution in [0.2, 0.25) is 0 Å². The number of ether oxygens (including phenoxy) is 2. The molecule has 0 amide bonds. The van der Waals surface area contributed by atoms with E-state index in [-0.39, 0.29) is 24.9 Å². The summed E-state index contributed by atoms with van der Waals surface area (Å²) in [5.41, 5.74) is 0. The summed E-state index contributed by atoms with van der Waals surface area (Å²) < 4.78 is 26.3. The van der Waals surface area contributed by atoms with Gasteiger partial charge in [0.05, 0.1) is 18.8 Å². The third-order valence-corrected chi connectivity index (χ3v) is 2.80. The summed E-state index contributed by atoms with van der Waals surface area (Å²) in [5.74, 6) is 0. The van der Waals surface area contributed by atoms with Crippen LogP contribution in [0.3, 0.4) is 0 Å². The summed E-state index contributed by atoms with van der Waals surface area (Å²) in [5, 5.41) is 0. The number of hydrogen-bond donors (Lipinski definition) is 1. The molecule has 0 bridgehead atoms. The molecule has 6 heteroatoms. The van der Waals surface area contributed by atoms with E-state index in [1.807, 2.05) is 6.92 Å². The average Bonchev–Trinajstić information content (AvgIpc) is 2.41. The normalized spacial score (nSPS) is 37.0. The van der Waals surface area contributed by atoms with Gasteiger partial charge in [0.25, 0.3) is 0 Å². The van der Waals surface area contributed by atoms with E-state index in [2.05, 4.69) is 0 Å². The zero-order chi connectivity index (χ0) is 10.8. The molecule has 1 unspecified atom stereocenters. The molecular formula is C8H17O5P. The molecule has 1 aliphatic heterocycles. The minimum absolute atomic E-state index is 0.0449. The van der Waals surface area contributed by atoms with E-state index in [0.29, 0.717) is 0 Å². The second-order valence-corrected chi connectivity index (χ2v) is 5.46. The molecule has 0 spiro atoms. The fourth-order valence-corrected chi connectivity index (χ4v) is 1.95. The van der Waals surface area contributed by atoms with Gasteiger partial charge in [-0.3, -0.25) is 4.57 Å². The molecule has 0 saturated carbocycles. The lowest BCUT2D eigenvalue weighted by Crippen LogP contribution is -2.27. The van der Waals surface area contributed by atoms with Crippen LogP contribution in [-0.4, -0.2) is 43.6 Å². The molecule has 5 nitrogen and oxygen atoms in total. The van der Waals surface area contributed by atoms with Crippen molar-refractivity contribution >= 4 is 7.60 Å². The molecule has 1 saturated heterocycles. The summed E-state index contributed by atoms with van der Waals surface area (Å²) in [4.78, 5) is 8.94. The van der Waals surface area contributed by atoms with Crippen LogP contribution in [-0.2, 0) is 18.6 Å². The van der Waals surface area contributed by atoms with E-state index < -0.39 is 7.60 Å². The Morgan fingerprint density at radius 1 is 1.64 bits per heavy atom. The highest BCUT2D eigenvalue weighted by Crippen LogP contribution is 2.37. The maximum atomic E-state index is 10.9. The van der Waals surface area contributed by atoms with E-state index >= 15 is 0 Å². The van der Waals surface area contributed by atoms with Crippen molar-refractivity contribution in [3.8, 4) is 0 Å². The average molecular weight is 224 g/mol. The maximum absolute atomic E-state index is 10.9. The van der Waals surface area contributed by atoms with Crippen molar-refractivity contribution in [3.63, 3.8) is 0 Å². The monoisotopic (exact) mass is 224 g/mol. The Balaban J connectivity index is 2.40. The second kappa shape index (κ2) is 4.73. The van der Waals surface area contributed by atoms with E-state index in [4.69, 9.17) is 18.9 Å². The SMILES string of the molecule is CO[C@@H]1C[C@H](C)O[C@@H]1COP(C)(=O)O. The lowest BCUT2D eigenvalue weighted by atomic mass is 10.1. The van der Waals surface area contributed by atoms with Crippen molar-refractivity contribution in [2.75, 3.05) is 20.4 Å². The Bertz CT molecular complexity index is 226. The van der Waals surface area contributed by atoms with Gasteiger partial charge >= 0.3 is 7.60 Å². The summed E-state index contributed by atoms with van der Waals surface area (Å²) in [6, 6.07) is 0. The topological polar surface area (TPSA) is 65.0 Å². The minimum Gasteiger partial charge on any atom is -0.379 e. The van der Waals surface area contributed by atoms with Crippen LogP contribution in [0.1, 0.15) is 13.3 Å². The summed E-state index contributed by atoms with van der Waals surface area (Å²) >= 11 is 0. The van der Waals surface area contributed by atoms with Crippen molar-refractivity contribution < 1.29 is 23.5 Å². The standard InChI is InChI=1S/C8H17O5P/c1-6-4-7(11-2)8(13-6)5-12-14(3,9)10/h6-8H,4-5H2,1-3H3,(H,9,10)/t6-,7+,8+/m0/s1. The summed E-state index contributed by atoms with van der Waals surface area (Å²) in [6.45, 7) is 3.21. The molecule has 0 aromatic rings. The quantitative estimate of drug-likeness (QED) is 0.722. The van der Waals surface area contributed by atoms with Crippen LogP contribution >= 0.6 is 7.60 Å². The fourth-order valence-electron chi connectivity index (χ4n) is 1.53. The van der Waals surface area contributed by atoms with Crippen molar-refractivity contribution in [1.29, 1.82) is 0 Å². The largest absolute Gasteiger partial charge is 0.379 e. The van der Waals surface area contributed by atoms with E-state index in [9.17, 15) is 4.57 Å². The molecule has 0 aromatic carbocycles. The van der Waals surface area contributed by atoms with Crippen molar-refractivity contribution in [3.05, 3.63) is 0 Å². The molecule has 1 aliphatic rings. The van der Waals surface area contributed by atoms with Crippen molar-refractivity contribution in [1.82, 2.24) is 0 Å². The Morgan fingerprint density at radius 3 is 2.79 bits per heavy atom. The first-order valence-electron chi connectivity index (χ1n) is 4.55. The molecule has 84 valence electrons. The van der Waals surface area contributed by atoms with Gasteiger partial charge in [0.1, 0.15) is 6.10 Å². The lowest BCUT2D eigenvalue weighted by Gasteiger charge is -2.17.